The van der Waals surface area contributed by atoms with E-state index in [-0.39, 0.29) is 23.9 Å². The molecule has 3 rings (SSSR count). The van der Waals surface area contributed by atoms with Gasteiger partial charge in [0, 0.05) is 5.56 Å². The van der Waals surface area contributed by atoms with E-state index in [2.05, 4.69) is 45.9 Å². The highest BCUT2D eigenvalue weighted by Gasteiger charge is 2.51. The van der Waals surface area contributed by atoms with Crippen LogP contribution in [0.25, 0.3) is 6.08 Å². The van der Waals surface area contributed by atoms with Gasteiger partial charge in [-0.3, -0.25) is 0 Å². The first-order valence-electron chi connectivity index (χ1n) is 7.48. The Labute approximate surface area is 127 Å². The fourth-order valence-corrected chi connectivity index (χ4v) is 2.51. The summed E-state index contributed by atoms with van der Waals surface area (Å²) in [7, 11) is -0.349. The molecule has 1 aromatic rings. The number of hydrogen-bond acceptors (Lipinski definition) is 3. The lowest BCUT2D eigenvalue weighted by Crippen LogP contribution is -2.41. The molecule has 0 radical (unpaired) electrons. The van der Waals surface area contributed by atoms with E-state index in [1.54, 1.807) is 0 Å². The molecule has 1 fully saturated rings. The van der Waals surface area contributed by atoms with Crippen LogP contribution in [0.15, 0.2) is 24.3 Å². The number of benzene rings is 1. The highest BCUT2D eigenvalue weighted by Crippen LogP contribution is 2.37. The molecule has 1 aromatic carbocycles. The Morgan fingerprint density at radius 1 is 0.905 bits per heavy atom. The van der Waals surface area contributed by atoms with Gasteiger partial charge in [-0.2, -0.15) is 0 Å². The maximum absolute atomic E-state index is 6.10. The highest BCUT2D eigenvalue weighted by atomic mass is 16.7. The quantitative estimate of drug-likeness (QED) is 0.742. The second-order valence-electron chi connectivity index (χ2n) is 7.42. The Hall–Kier alpha value is -1.26. The maximum atomic E-state index is 6.10. The van der Waals surface area contributed by atoms with Crippen LogP contribution in [0.5, 0.6) is 5.75 Å². The van der Waals surface area contributed by atoms with Gasteiger partial charge in [0.2, 0.25) is 0 Å². The monoisotopic (exact) mass is 286 g/mol. The summed E-state index contributed by atoms with van der Waals surface area (Å²) in [6.07, 6.45) is 4.18. The molecule has 2 heterocycles. The summed E-state index contributed by atoms with van der Waals surface area (Å²) in [6, 6.07) is 6.14. The van der Waals surface area contributed by atoms with Crippen molar-refractivity contribution in [1.29, 1.82) is 0 Å². The normalized spacial score (nSPS) is 24.6. The van der Waals surface area contributed by atoms with E-state index in [4.69, 9.17) is 14.0 Å². The zero-order valence-electron chi connectivity index (χ0n) is 13.7. The van der Waals surface area contributed by atoms with Crippen LogP contribution in [0.1, 0.15) is 47.1 Å². The van der Waals surface area contributed by atoms with Gasteiger partial charge in [-0.1, -0.05) is 18.2 Å². The molecule has 0 atom stereocenters. The molecule has 2 aliphatic rings. The minimum Gasteiger partial charge on any atom is -0.483 e. The second-order valence-corrected chi connectivity index (χ2v) is 7.42. The van der Waals surface area contributed by atoms with Gasteiger partial charge < -0.3 is 14.0 Å². The molecule has 112 valence electrons. The standard InChI is InChI=1S/C17H23BO3/c1-15(2)10-9-12-7-8-13(11-14(12)19-15)18-20-16(3,4)17(5,6)21-18/h7-11H,1-6H3. The van der Waals surface area contributed by atoms with Crippen LogP contribution in [-0.2, 0) is 9.31 Å². The third kappa shape index (κ3) is 2.51. The van der Waals surface area contributed by atoms with E-state index >= 15 is 0 Å². The molecule has 2 aliphatic heterocycles. The largest absolute Gasteiger partial charge is 0.494 e. The lowest BCUT2D eigenvalue weighted by molar-refractivity contribution is 0.00578. The molecule has 0 bridgehead atoms. The molecule has 0 saturated carbocycles. The first-order chi connectivity index (χ1) is 9.60. The summed E-state index contributed by atoms with van der Waals surface area (Å²) >= 11 is 0. The summed E-state index contributed by atoms with van der Waals surface area (Å²) < 4.78 is 18.2. The van der Waals surface area contributed by atoms with Crippen molar-refractivity contribution in [2.24, 2.45) is 0 Å². The minimum absolute atomic E-state index is 0.276. The molecule has 0 spiro atoms. The average Bonchev–Trinajstić information content (AvgIpc) is 2.56. The van der Waals surface area contributed by atoms with Gasteiger partial charge in [-0.25, -0.2) is 0 Å². The number of ether oxygens (including phenoxy) is 1. The van der Waals surface area contributed by atoms with Gasteiger partial charge in [0.15, 0.2) is 0 Å². The molecule has 3 nitrogen and oxygen atoms in total. The molecule has 1 saturated heterocycles. The minimum atomic E-state index is -0.349. The van der Waals surface area contributed by atoms with Crippen LogP contribution < -0.4 is 10.2 Å². The molecule has 0 aromatic heterocycles. The van der Waals surface area contributed by atoms with E-state index in [0.29, 0.717) is 0 Å². The van der Waals surface area contributed by atoms with Gasteiger partial charge in [-0.15, -0.1) is 0 Å². The SMILES string of the molecule is CC1(C)C=Cc2ccc(B3OC(C)(C)C(C)(C)O3)cc2O1. The molecule has 0 N–H and O–H groups in total. The summed E-state index contributed by atoms with van der Waals surface area (Å²) in [5.74, 6) is 0.884. The fraction of sp³-hybridized carbons (Fsp3) is 0.529. The van der Waals surface area contributed by atoms with Crippen LogP contribution in [0.2, 0.25) is 0 Å². The van der Waals surface area contributed by atoms with Gasteiger partial charge in [0.25, 0.3) is 0 Å². The van der Waals surface area contributed by atoms with Crippen molar-refractivity contribution in [2.45, 2.75) is 58.3 Å². The number of fused-ring (bicyclic) bond motifs is 1. The van der Waals surface area contributed by atoms with Crippen molar-refractivity contribution in [3.63, 3.8) is 0 Å². The van der Waals surface area contributed by atoms with Crippen molar-refractivity contribution in [1.82, 2.24) is 0 Å². The Morgan fingerprint density at radius 2 is 1.52 bits per heavy atom. The topological polar surface area (TPSA) is 27.7 Å². The third-order valence-corrected chi connectivity index (χ3v) is 4.60. The maximum Gasteiger partial charge on any atom is 0.494 e. The zero-order valence-corrected chi connectivity index (χ0v) is 13.7. The van der Waals surface area contributed by atoms with Gasteiger partial charge in [-0.05, 0) is 59.1 Å². The Balaban J connectivity index is 1.91. The van der Waals surface area contributed by atoms with Crippen molar-refractivity contribution in [2.75, 3.05) is 0 Å². The molecule has 4 heteroatoms. The van der Waals surface area contributed by atoms with Crippen molar-refractivity contribution in [3.05, 3.63) is 29.8 Å². The Kier molecular flexibility index (Phi) is 3.05. The number of hydrogen-bond donors (Lipinski definition) is 0. The zero-order chi connectivity index (χ0) is 15.5. The predicted molar refractivity (Wildman–Crippen MR) is 85.9 cm³/mol. The van der Waals surface area contributed by atoms with E-state index in [9.17, 15) is 0 Å². The smallest absolute Gasteiger partial charge is 0.483 e. The lowest BCUT2D eigenvalue weighted by atomic mass is 9.78. The fourth-order valence-electron chi connectivity index (χ4n) is 2.51. The highest BCUT2D eigenvalue weighted by molar-refractivity contribution is 6.62. The summed E-state index contributed by atoms with van der Waals surface area (Å²) in [4.78, 5) is 0. The molecule has 0 aliphatic carbocycles. The molecule has 21 heavy (non-hydrogen) atoms. The van der Waals surface area contributed by atoms with Crippen molar-refractivity contribution >= 4 is 18.7 Å². The van der Waals surface area contributed by atoms with E-state index in [0.717, 1.165) is 16.8 Å². The van der Waals surface area contributed by atoms with Gasteiger partial charge in [0.1, 0.15) is 11.4 Å². The molecular weight excluding hydrogens is 263 g/mol. The van der Waals surface area contributed by atoms with Crippen LogP contribution in [0.3, 0.4) is 0 Å². The van der Waals surface area contributed by atoms with Crippen molar-refractivity contribution in [3.8, 4) is 5.75 Å². The Bertz CT molecular complexity index is 586. The second kappa shape index (κ2) is 4.37. The lowest BCUT2D eigenvalue weighted by Gasteiger charge is -2.32. The van der Waals surface area contributed by atoms with E-state index in [1.807, 2.05) is 26.0 Å². The van der Waals surface area contributed by atoms with E-state index < -0.39 is 0 Å². The molecular formula is C17H23BO3. The van der Waals surface area contributed by atoms with Crippen LogP contribution in [0.4, 0.5) is 0 Å². The van der Waals surface area contributed by atoms with Crippen LogP contribution in [-0.4, -0.2) is 23.9 Å². The van der Waals surface area contributed by atoms with Gasteiger partial charge in [0.05, 0.1) is 11.2 Å². The Morgan fingerprint density at radius 3 is 2.14 bits per heavy atom. The third-order valence-electron chi connectivity index (χ3n) is 4.60. The van der Waals surface area contributed by atoms with Crippen LogP contribution >= 0.6 is 0 Å². The average molecular weight is 286 g/mol. The van der Waals surface area contributed by atoms with Crippen molar-refractivity contribution < 1.29 is 14.0 Å². The molecule has 0 unspecified atom stereocenters. The summed E-state index contributed by atoms with van der Waals surface area (Å²) in [5, 5.41) is 0. The summed E-state index contributed by atoms with van der Waals surface area (Å²) in [6.45, 7) is 12.4. The predicted octanol–water partition coefficient (Wildman–Crippen LogP) is 3.17. The molecule has 0 amide bonds. The van der Waals surface area contributed by atoms with Gasteiger partial charge >= 0.3 is 7.12 Å². The number of rotatable bonds is 1. The first-order valence-corrected chi connectivity index (χ1v) is 7.48. The van der Waals surface area contributed by atoms with Crippen LogP contribution in [0, 0.1) is 0 Å². The first kappa shape index (κ1) is 14.7. The van der Waals surface area contributed by atoms with E-state index in [1.165, 1.54) is 0 Å². The summed E-state index contributed by atoms with van der Waals surface area (Å²) in [5.41, 5.74) is 1.16.